The minimum Gasteiger partial charge on any atom is -0.372 e. The molecular weight excluding hydrogens is 294 g/mol. The van der Waals surface area contributed by atoms with Gasteiger partial charge in [0.1, 0.15) is 0 Å². The summed E-state index contributed by atoms with van der Waals surface area (Å²) >= 11 is 0. The second-order valence-electron chi connectivity index (χ2n) is 4.94. The number of rotatable bonds is 3. The van der Waals surface area contributed by atoms with Gasteiger partial charge in [0, 0.05) is 13.0 Å². The lowest BCUT2D eigenvalue weighted by Crippen LogP contribution is -2.56. The zero-order chi connectivity index (χ0) is 15.9. The maximum atomic E-state index is 8.74. The zero-order valence-electron chi connectivity index (χ0n) is 11.9. The Bertz CT molecular complexity index is 538. The molecule has 3 N–H and O–H groups in total. The highest BCUT2D eigenvalue weighted by molar-refractivity contribution is 7.79. The van der Waals surface area contributed by atoms with Crippen molar-refractivity contribution in [2.24, 2.45) is 0 Å². The summed E-state index contributed by atoms with van der Waals surface area (Å²) in [7, 11) is -4.67. The molecule has 0 aliphatic carbocycles. The van der Waals surface area contributed by atoms with Crippen LogP contribution in [0.3, 0.4) is 0 Å². The van der Waals surface area contributed by atoms with Gasteiger partial charge in [0.25, 0.3) is 0 Å². The molecule has 0 radical (unpaired) electrons. The molecule has 118 valence electrons. The van der Waals surface area contributed by atoms with Gasteiger partial charge in [0.15, 0.2) is 0 Å². The van der Waals surface area contributed by atoms with Crippen molar-refractivity contribution >= 4 is 10.4 Å². The van der Waals surface area contributed by atoms with Gasteiger partial charge >= 0.3 is 10.4 Å². The summed E-state index contributed by atoms with van der Waals surface area (Å²) in [6.07, 6.45) is 2.86. The third-order valence-corrected chi connectivity index (χ3v) is 3.19. The van der Waals surface area contributed by atoms with Crippen LogP contribution < -0.4 is 5.32 Å². The first-order valence-electron chi connectivity index (χ1n) is 6.48. The average Bonchev–Trinajstić information content (AvgIpc) is 2.38. The number of ether oxygens (including phenoxy) is 1. The molecule has 1 fully saturated rings. The first-order chi connectivity index (χ1) is 9.74. The Balaban J connectivity index is 0.000000383. The molecule has 2 rings (SSSR count). The van der Waals surface area contributed by atoms with Gasteiger partial charge in [-0.1, -0.05) is 36.4 Å². The van der Waals surface area contributed by atoms with Crippen molar-refractivity contribution in [1.82, 2.24) is 5.32 Å². The molecule has 21 heavy (non-hydrogen) atoms. The molecule has 0 aromatic heterocycles. The van der Waals surface area contributed by atoms with Gasteiger partial charge in [0.2, 0.25) is 0 Å². The van der Waals surface area contributed by atoms with Crippen LogP contribution in [0.1, 0.15) is 12.5 Å². The molecule has 7 heteroatoms. The molecule has 0 spiro atoms. The predicted molar refractivity (Wildman–Crippen MR) is 80.7 cm³/mol. The number of nitrogens with one attached hydrogen (secondary N) is 1. The van der Waals surface area contributed by atoms with E-state index in [1.165, 1.54) is 5.56 Å². The first-order valence-corrected chi connectivity index (χ1v) is 7.88. The Hall–Kier alpha value is -1.25. The predicted octanol–water partition coefficient (Wildman–Crippen LogP) is 1.51. The van der Waals surface area contributed by atoms with E-state index in [0.717, 1.165) is 19.6 Å². The number of morpholine rings is 1. The molecule has 2 unspecified atom stereocenters. The Morgan fingerprint density at radius 1 is 1.43 bits per heavy atom. The smallest absolute Gasteiger partial charge is 0.372 e. The molecule has 1 aliphatic heterocycles. The van der Waals surface area contributed by atoms with Crippen molar-refractivity contribution < 1.29 is 22.3 Å². The molecule has 0 saturated carbocycles. The van der Waals surface area contributed by atoms with Crippen molar-refractivity contribution in [1.29, 1.82) is 0 Å². The van der Waals surface area contributed by atoms with Gasteiger partial charge in [-0.3, -0.25) is 9.11 Å². The highest BCUT2D eigenvalue weighted by atomic mass is 32.3. The molecule has 1 aromatic carbocycles. The Labute approximate surface area is 125 Å². The maximum Gasteiger partial charge on any atom is 0.394 e. The topological polar surface area (TPSA) is 95.9 Å². The van der Waals surface area contributed by atoms with E-state index in [4.69, 9.17) is 22.3 Å². The van der Waals surface area contributed by atoms with E-state index in [9.17, 15) is 0 Å². The Kier molecular flexibility index (Phi) is 6.50. The second kappa shape index (κ2) is 7.67. The van der Waals surface area contributed by atoms with Crippen LogP contribution >= 0.6 is 0 Å². The monoisotopic (exact) mass is 315 g/mol. The van der Waals surface area contributed by atoms with Gasteiger partial charge in [-0.15, -0.1) is 6.58 Å². The molecule has 1 heterocycles. The quantitative estimate of drug-likeness (QED) is 0.578. The summed E-state index contributed by atoms with van der Waals surface area (Å²) in [6, 6.07) is 10.7. The van der Waals surface area contributed by atoms with Gasteiger partial charge in [-0.05, 0) is 12.5 Å². The van der Waals surface area contributed by atoms with Crippen molar-refractivity contribution in [2.45, 2.75) is 25.0 Å². The fourth-order valence-corrected chi connectivity index (χ4v) is 2.30. The summed E-state index contributed by atoms with van der Waals surface area (Å²) in [5.74, 6) is 0. The van der Waals surface area contributed by atoms with Crippen LogP contribution in [0.2, 0.25) is 0 Å². The fraction of sp³-hybridized carbons (Fsp3) is 0.429. The minimum absolute atomic E-state index is 0.179. The lowest BCUT2D eigenvalue weighted by Gasteiger charge is -2.40. The van der Waals surface area contributed by atoms with E-state index in [1.54, 1.807) is 0 Å². The van der Waals surface area contributed by atoms with Gasteiger partial charge < -0.3 is 10.1 Å². The summed E-state index contributed by atoms with van der Waals surface area (Å²) in [5, 5.41) is 3.44. The molecule has 1 aliphatic rings. The Morgan fingerprint density at radius 3 is 2.52 bits per heavy atom. The van der Waals surface area contributed by atoms with Crippen LogP contribution in [0, 0.1) is 0 Å². The summed E-state index contributed by atoms with van der Waals surface area (Å²) in [4.78, 5) is 0. The lowest BCUT2D eigenvalue weighted by molar-refractivity contribution is -0.0714. The Morgan fingerprint density at radius 2 is 2.00 bits per heavy atom. The molecule has 2 atom stereocenters. The first kappa shape index (κ1) is 17.8. The van der Waals surface area contributed by atoms with Crippen LogP contribution in [-0.4, -0.2) is 42.3 Å². The van der Waals surface area contributed by atoms with Gasteiger partial charge in [-0.2, -0.15) is 8.42 Å². The van der Waals surface area contributed by atoms with Crippen molar-refractivity contribution in [3.63, 3.8) is 0 Å². The average molecular weight is 315 g/mol. The van der Waals surface area contributed by atoms with Crippen molar-refractivity contribution in [2.75, 3.05) is 13.2 Å². The third kappa shape index (κ3) is 6.83. The molecular formula is C14H21NO5S. The summed E-state index contributed by atoms with van der Waals surface area (Å²) in [6.45, 7) is 7.71. The van der Waals surface area contributed by atoms with Crippen LogP contribution in [-0.2, 0) is 21.6 Å². The van der Waals surface area contributed by atoms with E-state index in [-0.39, 0.29) is 11.6 Å². The standard InChI is InChI=1S/C14H19NO.H2O4S/c1-3-13-14(2,16-10-9-15-13)11-12-7-5-4-6-8-12;1-5(2,3)4/h3-8,13,15H,1,9-11H2,2H3;(H2,1,2,3,4). The largest absolute Gasteiger partial charge is 0.394 e. The minimum atomic E-state index is -4.67. The molecule has 1 saturated heterocycles. The maximum absolute atomic E-state index is 8.74. The van der Waals surface area contributed by atoms with Gasteiger partial charge in [-0.25, -0.2) is 0 Å². The normalized spacial score (nSPS) is 25.6. The summed E-state index contributed by atoms with van der Waals surface area (Å²) in [5.41, 5.74) is 1.13. The molecule has 1 aromatic rings. The van der Waals surface area contributed by atoms with Crippen LogP contribution in [0.25, 0.3) is 0 Å². The van der Waals surface area contributed by atoms with E-state index >= 15 is 0 Å². The van der Waals surface area contributed by atoms with E-state index in [1.807, 2.05) is 12.1 Å². The van der Waals surface area contributed by atoms with Gasteiger partial charge in [0.05, 0.1) is 18.2 Å². The molecule has 0 amide bonds. The van der Waals surface area contributed by atoms with E-state index in [0.29, 0.717) is 0 Å². The highest BCUT2D eigenvalue weighted by Crippen LogP contribution is 2.24. The number of hydrogen-bond donors (Lipinski definition) is 3. The van der Waals surface area contributed by atoms with Crippen molar-refractivity contribution in [3.05, 3.63) is 48.6 Å². The molecule has 0 bridgehead atoms. The number of hydrogen-bond acceptors (Lipinski definition) is 4. The zero-order valence-corrected chi connectivity index (χ0v) is 12.7. The third-order valence-electron chi connectivity index (χ3n) is 3.19. The van der Waals surface area contributed by atoms with Crippen LogP contribution in [0.15, 0.2) is 43.0 Å². The van der Waals surface area contributed by atoms with Crippen LogP contribution in [0.5, 0.6) is 0 Å². The SMILES string of the molecule is C=CC1NCCOC1(C)Cc1ccccc1.O=S(=O)(O)O. The van der Waals surface area contributed by atoms with E-state index in [2.05, 4.69) is 43.1 Å². The molecule has 6 nitrogen and oxygen atoms in total. The van der Waals surface area contributed by atoms with E-state index < -0.39 is 10.4 Å². The lowest BCUT2D eigenvalue weighted by atomic mass is 9.87. The summed E-state index contributed by atoms with van der Waals surface area (Å²) < 4.78 is 37.5. The highest BCUT2D eigenvalue weighted by Gasteiger charge is 2.35. The van der Waals surface area contributed by atoms with Crippen LogP contribution in [0.4, 0.5) is 0 Å². The van der Waals surface area contributed by atoms with Crippen molar-refractivity contribution in [3.8, 4) is 0 Å². The fourth-order valence-electron chi connectivity index (χ4n) is 2.30. The second-order valence-corrected chi connectivity index (χ2v) is 5.83. The number of benzene rings is 1.